The van der Waals surface area contributed by atoms with Crippen LogP contribution >= 0.6 is 11.8 Å². The first-order valence-electron chi connectivity index (χ1n) is 9.35. The highest BCUT2D eigenvalue weighted by atomic mass is 32.2. The van der Waals surface area contributed by atoms with Gasteiger partial charge in [0.1, 0.15) is 0 Å². The Labute approximate surface area is 153 Å². The zero-order valence-corrected chi connectivity index (χ0v) is 17.2. The Morgan fingerprint density at radius 3 is 2.25 bits per heavy atom. The summed E-state index contributed by atoms with van der Waals surface area (Å²) in [4.78, 5) is 12.8. The van der Waals surface area contributed by atoms with E-state index in [1.807, 2.05) is 11.8 Å². The second-order valence-corrected chi connectivity index (χ2v) is 8.56. The number of aryl methyl sites for hydroxylation is 3. The van der Waals surface area contributed by atoms with Crippen LogP contribution in [0.2, 0.25) is 0 Å². The topological polar surface area (TPSA) is 29.1 Å². The Bertz CT molecular complexity index is 502. The molecule has 0 aliphatic carbocycles. The van der Waals surface area contributed by atoms with Crippen LogP contribution < -0.4 is 5.32 Å². The van der Waals surface area contributed by atoms with Gasteiger partial charge in [0.15, 0.2) is 0 Å². The summed E-state index contributed by atoms with van der Waals surface area (Å²) in [5.74, 6) is 1.83. The van der Waals surface area contributed by atoms with Crippen molar-refractivity contribution >= 4 is 23.4 Å². The largest absolute Gasteiger partial charge is 0.325 e. The molecule has 1 aromatic carbocycles. The fourth-order valence-corrected chi connectivity index (χ4v) is 4.10. The second kappa shape index (κ2) is 10.8. The van der Waals surface area contributed by atoms with E-state index in [9.17, 15) is 4.79 Å². The van der Waals surface area contributed by atoms with Crippen LogP contribution in [0.25, 0.3) is 0 Å². The van der Waals surface area contributed by atoms with E-state index in [2.05, 4.69) is 59.0 Å². The maximum Gasteiger partial charge on any atom is 0.237 e. The first-order chi connectivity index (χ1) is 11.3. The van der Waals surface area contributed by atoms with Crippen molar-refractivity contribution in [3.8, 4) is 0 Å². The fraction of sp³-hybridized carbons (Fsp3) is 0.667. The van der Waals surface area contributed by atoms with Gasteiger partial charge in [0.2, 0.25) is 5.91 Å². The molecule has 1 N–H and O–H groups in total. The first kappa shape index (κ1) is 21.1. The Kier molecular flexibility index (Phi) is 9.50. The number of carbonyl (C=O) groups is 1. The molecule has 0 aliphatic heterocycles. The summed E-state index contributed by atoms with van der Waals surface area (Å²) in [6.45, 7) is 12.9. The number of nitrogens with one attached hydrogen (secondary N) is 1. The number of thioether (sulfide) groups is 1. The maximum atomic E-state index is 12.8. The zero-order chi connectivity index (χ0) is 18.1. The van der Waals surface area contributed by atoms with Gasteiger partial charge in [0.05, 0.1) is 5.25 Å². The lowest BCUT2D eigenvalue weighted by Gasteiger charge is -2.20. The van der Waals surface area contributed by atoms with Crippen LogP contribution in [-0.4, -0.2) is 16.9 Å². The van der Waals surface area contributed by atoms with Crippen LogP contribution in [0, 0.1) is 26.7 Å². The van der Waals surface area contributed by atoms with Gasteiger partial charge in [-0.2, -0.15) is 0 Å². The van der Waals surface area contributed by atoms with Gasteiger partial charge in [-0.15, -0.1) is 11.8 Å². The quantitative estimate of drug-likeness (QED) is 0.504. The van der Waals surface area contributed by atoms with Crippen LogP contribution in [0.15, 0.2) is 12.1 Å². The summed E-state index contributed by atoms with van der Waals surface area (Å²) < 4.78 is 0. The van der Waals surface area contributed by atoms with Crippen LogP contribution in [-0.2, 0) is 4.79 Å². The molecule has 1 aromatic rings. The van der Waals surface area contributed by atoms with Crippen LogP contribution in [0.5, 0.6) is 0 Å². The molecule has 136 valence electrons. The van der Waals surface area contributed by atoms with Gasteiger partial charge in [0, 0.05) is 5.69 Å². The Morgan fingerprint density at radius 1 is 1.08 bits per heavy atom. The van der Waals surface area contributed by atoms with E-state index in [4.69, 9.17) is 0 Å². The lowest BCUT2D eigenvalue weighted by atomic mass is 10.0. The predicted octanol–water partition coefficient (Wildman–Crippen LogP) is 6.28. The molecular weight excluding hydrogens is 314 g/mol. The summed E-state index contributed by atoms with van der Waals surface area (Å²) in [5.41, 5.74) is 4.54. The first-order valence-corrected chi connectivity index (χ1v) is 10.4. The molecular formula is C21H35NOS. The van der Waals surface area contributed by atoms with Crippen molar-refractivity contribution in [1.82, 2.24) is 0 Å². The van der Waals surface area contributed by atoms with Crippen LogP contribution in [0.1, 0.15) is 69.6 Å². The molecule has 0 heterocycles. The molecule has 0 aliphatic rings. The number of hydrogen-bond acceptors (Lipinski definition) is 2. The van der Waals surface area contributed by atoms with E-state index in [0.29, 0.717) is 5.92 Å². The summed E-state index contributed by atoms with van der Waals surface area (Å²) in [7, 11) is 0. The zero-order valence-electron chi connectivity index (χ0n) is 16.4. The number of anilines is 1. The molecule has 1 amide bonds. The molecule has 1 rings (SSSR count). The number of unbranched alkanes of at least 4 members (excludes halogenated alkanes) is 3. The molecule has 1 unspecified atom stereocenters. The van der Waals surface area contributed by atoms with Gasteiger partial charge in [-0.1, -0.05) is 64.2 Å². The third kappa shape index (κ3) is 7.29. The minimum absolute atomic E-state index is 0.0596. The van der Waals surface area contributed by atoms with Gasteiger partial charge in [-0.25, -0.2) is 0 Å². The molecule has 0 saturated carbocycles. The summed E-state index contributed by atoms with van der Waals surface area (Å²) in [5, 5.41) is 3.27. The van der Waals surface area contributed by atoms with Crippen molar-refractivity contribution in [2.24, 2.45) is 5.92 Å². The minimum Gasteiger partial charge on any atom is -0.325 e. The van der Waals surface area contributed by atoms with Crippen LogP contribution in [0.4, 0.5) is 5.69 Å². The van der Waals surface area contributed by atoms with Crippen molar-refractivity contribution < 1.29 is 4.79 Å². The van der Waals surface area contributed by atoms with E-state index in [1.165, 1.54) is 24.8 Å². The van der Waals surface area contributed by atoms with Gasteiger partial charge in [-0.3, -0.25) is 4.79 Å². The summed E-state index contributed by atoms with van der Waals surface area (Å²) in [6.07, 6.45) is 5.85. The molecule has 0 aromatic heterocycles. The van der Waals surface area contributed by atoms with Crippen molar-refractivity contribution in [2.45, 2.75) is 78.9 Å². The van der Waals surface area contributed by atoms with Crippen LogP contribution in [0.3, 0.4) is 0 Å². The van der Waals surface area contributed by atoms with E-state index in [1.54, 1.807) is 0 Å². The number of carbonyl (C=O) groups excluding carboxylic acids is 1. The van der Waals surface area contributed by atoms with Gasteiger partial charge in [0.25, 0.3) is 0 Å². The highest BCUT2D eigenvalue weighted by Gasteiger charge is 2.20. The molecule has 1 atom stereocenters. The Balaban J connectivity index is 2.75. The van der Waals surface area contributed by atoms with Gasteiger partial charge in [-0.05, 0) is 50.0 Å². The number of hydrogen-bond donors (Lipinski definition) is 1. The normalized spacial score (nSPS) is 12.5. The Hall–Kier alpha value is -0.960. The molecule has 0 spiro atoms. The third-order valence-corrected chi connectivity index (χ3v) is 5.88. The average Bonchev–Trinajstić information content (AvgIpc) is 2.49. The standard InChI is InChI=1S/C21H35NOS/c1-7-8-9-10-11-19(24-14-15(2)3)21(23)22-20-17(5)12-16(4)13-18(20)6/h12-13,15,19H,7-11,14H2,1-6H3,(H,22,23). The number of amides is 1. The number of benzene rings is 1. The molecule has 0 radical (unpaired) electrons. The molecule has 0 saturated heterocycles. The molecule has 24 heavy (non-hydrogen) atoms. The smallest absolute Gasteiger partial charge is 0.237 e. The second-order valence-electron chi connectivity index (χ2n) is 7.33. The van der Waals surface area contributed by atoms with Gasteiger partial charge < -0.3 is 5.32 Å². The molecule has 0 bridgehead atoms. The fourth-order valence-electron chi connectivity index (χ4n) is 2.94. The van der Waals surface area contributed by atoms with Crippen molar-refractivity contribution in [2.75, 3.05) is 11.1 Å². The highest BCUT2D eigenvalue weighted by molar-refractivity contribution is 8.00. The maximum absolute atomic E-state index is 12.8. The van der Waals surface area contributed by atoms with Gasteiger partial charge >= 0.3 is 0 Å². The highest BCUT2D eigenvalue weighted by Crippen LogP contribution is 2.26. The molecule has 3 heteroatoms. The van der Waals surface area contributed by atoms with Crippen molar-refractivity contribution in [1.29, 1.82) is 0 Å². The predicted molar refractivity (Wildman–Crippen MR) is 109 cm³/mol. The monoisotopic (exact) mass is 349 g/mol. The lowest BCUT2D eigenvalue weighted by Crippen LogP contribution is -2.27. The van der Waals surface area contributed by atoms with Crippen molar-refractivity contribution in [3.63, 3.8) is 0 Å². The van der Waals surface area contributed by atoms with E-state index < -0.39 is 0 Å². The number of rotatable bonds is 10. The van der Waals surface area contributed by atoms with Crippen molar-refractivity contribution in [3.05, 3.63) is 28.8 Å². The van der Waals surface area contributed by atoms with E-state index in [0.717, 1.165) is 35.4 Å². The lowest BCUT2D eigenvalue weighted by molar-refractivity contribution is -0.115. The minimum atomic E-state index is 0.0596. The molecule has 2 nitrogen and oxygen atoms in total. The third-order valence-electron chi connectivity index (χ3n) is 4.17. The SMILES string of the molecule is CCCCCCC(SCC(C)C)C(=O)Nc1c(C)cc(C)cc1C. The van der Waals surface area contributed by atoms with E-state index in [-0.39, 0.29) is 11.2 Å². The Morgan fingerprint density at radius 2 is 1.71 bits per heavy atom. The average molecular weight is 350 g/mol. The summed E-state index contributed by atoms with van der Waals surface area (Å²) >= 11 is 1.82. The van der Waals surface area contributed by atoms with E-state index >= 15 is 0 Å². The summed E-state index contributed by atoms with van der Waals surface area (Å²) in [6, 6.07) is 4.28. The molecule has 0 fully saturated rings.